The van der Waals surface area contributed by atoms with Gasteiger partial charge in [-0.05, 0) is 29.9 Å². The molecule has 10 heteroatoms. The first-order chi connectivity index (χ1) is 10.3. The van der Waals surface area contributed by atoms with Crippen LogP contribution in [0.3, 0.4) is 0 Å². The van der Waals surface area contributed by atoms with Crippen molar-refractivity contribution < 1.29 is 13.2 Å². The second kappa shape index (κ2) is 5.05. The van der Waals surface area contributed by atoms with E-state index in [9.17, 15) is 18.0 Å². The van der Waals surface area contributed by atoms with E-state index in [4.69, 9.17) is 12.2 Å². The van der Waals surface area contributed by atoms with Crippen molar-refractivity contribution in [1.82, 2.24) is 24.6 Å². The number of halogens is 3. The highest BCUT2D eigenvalue weighted by molar-refractivity contribution is 7.71. The number of aromatic nitrogens is 5. The third-order valence-electron chi connectivity index (χ3n) is 2.95. The fraction of sp³-hybridized carbons (Fsp3) is 0.167. The summed E-state index contributed by atoms with van der Waals surface area (Å²) in [5.74, 6) is 0.494. The van der Waals surface area contributed by atoms with Crippen LogP contribution in [0.4, 0.5) is 13.2 Å². The van der Waals surface area contributed by atoms with E-state index in [1.807, 2.05) is 0 Å². The highest BCUT2D eigenvalue weighted by Crippen LogP contribution is 2.29. The number of hydrogen-bond donors (Lipinski definition) is 2. The maximum Gasteiger partial charge on any atom is 0.416 e. The van der Waals surface area contributed by atoms with Crippen molar-refractivity contribution in [2.45, 2.75) is 12.6 Å². The van der Waals surface area contributed by atoms with Crippen LogP contribution in [0.25, 0.3) is 5.78 Å². The molecular weight excluding hydrogens is 319 g/mol. The average molecular weight is 327 g/mol. The molecule has 0 aliphatic carbocycles. The maximum atomic E-state index is 12.5. The normalized spacial score (nSPS) is 12.0. The SMILES string of the molecule is O=c1[nH]c(=S)nc2nc(Cc3ccc(C(F)(F)F)cc3)[nH]n12. The third kappa shape index (κ3) is 2.77. The van der Waals surface area contributed by atoms with E-state index in [1.54, 1.807) is 0 Å². The first kappa shape index (κ1) is 14.4. The van der Waals surface area contributed by atoms with Crippen LogP contribution < -0.4 is 5.69 Å². The molecular formula is C12H8F3N5OS. The second-order valence-electron chi connectivity index (χ2n) is 4.52. The summed E-state index contributed by atoms with van der Waals surface area (Å²) in [4.78, 5) is 21.9. The number of fused-ring (bicyclic) bond motifs is 1. The van der Waals surface area contributed by atoms with E-state index in [0.29, 0.717) is 11.4 Å². The summed E-state index contributed by atoms with van der Waals surface area (Å²) >= 11 is 4.77. The van der Waals surface area contributed by atoms with Crippen molar-refractivity contribution in [2.24, 2.45) is 0 Å². The topological polar surface area (TPSA) is 78.8 Å². The minimum absolute atomic E-state index is 0.0116. The van der Waals surface area contributed by atoms with Crippen molar-refractivity contribution in [1.29, 1.82) is 0 Å². The van der Waals surface area contributed by atoms with Crippen LogP contribution >= 0.6 is 12.2 Å². The lowest BCUT2D eigenvalue weighted by Crippen LogP contribution is -2.18. The molecule has 3 aromatic rings. The Labute approximate surface area is 125 Å². The Kier molecular flexibility index (Phi) is 3.32. The molecule has 0 bridgehead atoms. The molecule has 3 rings (SSSR count). The van der Waals surface area contributed by atoms with E-state index in [0.717, 1.165) is 16.6 Å². The van der Waals surface area contributed by atoms with E-state index < -0.39 is 17.4 Å². The molecule has 0 amide bonds. The van der Waals surface area contributed by atoms with Gasteiger partial charge in [0.2, 0.25) is 4.77 Å². The lowest BCUT2D eigenvalue weighted by atomic mass is 10.1. The summed E-state index contributed by atoms with van der Waals surface area (Å²) in [6.07, 6.45) is -4.14. The largest absolute Gasteiger partial charge is 0.416 e. The monoisotopic (exact) mass is 327 g/mol. The smallest absolute Gasteiger partial charge is 0.281 e. The summed E-state index contributed by atoms with van der Waals surface area (Å²) < 4.78 is 38.6. The van der Waals surface area contributed by atoms with Crippen LogP contribution in [0, 0.1) is 4.77 Å². The summed E-state index contributed by atoms with van der Waals surface area (Å²) in [5, 5.41) is 2.72. The van der Waals surface area contributed by atoms with Crippen LogP contribution in [0.5, 0.6) is 0 Å². The Hall–Kier alpha value is -2.49. The van der Waals surface area contributed by atoms with E-state index in [1.165, 1.54) is 12.1 Å². The summed E-state index contributed by atoms with van der Waals surface area (Å²) in [6.45, 7) is 0. The van der Waals surface area contributed by atoms with Gasteiger partial charge in [-0.25, -0.2) is 4.79 Å². The Balaban J connectivity index is 1.92. The molecule has 0 fully saturated rings. The predicted octanol–water partition coefficient (Wildman–Crippen LogP) is 2.08. The first-order valence-corrected chi connectivity index (χ1v) is 6.48. The molecule has 2 aromatic heterocycles. The molecule has 0 aliphatic heterocycles. The van der Waals surface area contributed by atoms with Gasteiger partial charge >= 0.3 is 11.9 Å². The van der Waals surface area contributed by atoms with Crippen LogP contribution in [-0.4, -0.2) is 24.6 Å². The summed E-state index contributed by atoms with van der Waals surface area (Å²) in [5.41, 5.74) is -0.618. The van der Waals surface area contributed by atoms with E-state index in [2.05, 4.69) is 20.1 Å². The highest BCUT2D eigenvalue weighted by Gasteiger charge is 2.29. The molecule has 0 atom stereocenters. The van der Waals surface area contributed by atoms with Crippen molar-refractivity contribution >= 4 is 18.0 Å². The van der Waals surface area contributed by atoms with Gasteiger partial charge in [-0.1, -0.05) is 12.1 Å². The van der Waals surface area contributed by atoms with E-state index >= 15 is 0 Å². The molecule has 0 aliphatic rings. The van der Waals surface area contributed by atoms with Crippen molar-refractivity contribution in [3.63, 3.8) is 0 Å². The van der Waals surface area contributed by atoms with Crippen molar-refractivity contribution in [3.8, 4) is 0 Å². The number of alkyl halides is 3. The van der Waals surface area contributed by atoms with Gasteiger partial charge in [0, 0.05) is 6.42 Å². The molecule has 0 saturated heterocycles. The zero-order chi connectivity index (χ0) is 15.9. The molecule has 0 saturated carbocycles. The fourth-order valence-corrected chi connectivity index (χ4v) is 2.11. The fourth-order valence-electron chi connectivity index (χ4n) is 1.94. The first-order valence-electron chi connectivity index (χ1n) is 6.07. The molecule has 0 unspecified atom stereocenters. The van der Waals surface area contributed by atoms with Gasteiger partial charge in [0.1, 0.15) is 5.82 Å². The molecule has 0 radical (unpaired) electrons. The van der Waals surface area contributed by atoms with Gasteiger partial charge in [0.05, 0.1) is 5.56 Å². The van der Waals surface area contributed by atoms with Gasteiger partial charge in [0.15, 0.2) is 0 Å². The highest BCUT2D eigenvalue weighted by atomic mass is 32.1. The van der Waals surface area contributed by atoms with Crippen molar-refractivity contribution in [2.75, 3.05) is 0 Å². The molecule has 6 nitrogen and oxygen atoms in total. The van der Waals surface area contributed by atoms with Crippen LogP contribution in [0.2, 0.25) is 0 Å². The molecule has 114 valence electrons. The Morgan fingerprint density at radius 2 is 1.86 bits per heavy atom. The number of rotatable bonds is 2. The van der Waals surface area contributed by atoms with Gasteiger partial charge < -0.3 is 0 Å². The van der Waals surface area contributed by atoms with Gasteiger partial charge in [-0.2, -0.15) is 27.7 Å². The number of H-pyrrole nitrogens is 2. The standard InChI is InChI=1S/C12H8F3N5OS/c13-12(14,15)7-3-1-6(2-4-7)5-8-16-9-17-10(22)18-11(21)20(9)19-8/h1-4H,5H2,(H2,16,17,18,19,21,22). The zero-order valence-electron chi connectivity index (χ0n) is 10.8. The summed E-state index contributed by atoms with van der Waals surface area (Å²) in [7, 11) is 0. The zero-order valence-corrected chi connectivity index (χ0v) is 11.6. The number of nitrogens with one attached hydrogen (secondary N) is 2. The van der Waals surface area contributed by atoms with Crippen LogP contribution in [-0.2, 0) is 12.6 Å². The van der Waals surface area contributed by atoms with Crippen molar-refractivity contribution in [3.05, 3.63) is 56.5 Å². The Bertz CT molecular complexity index is 938. The van der Waals surface area contributed by atoms with Crippen LogP contribution in [0.1, 0.15) is 17.0 Å². The molecule has 2 heterocycles. The lowest BCUT2D eigenvalue weighted by Gasteiger charge is -2.06. The average Bonchev–Trinajstić information content (AvgIpc) is 2.81. The minimum atomic E-state index is -4.37. The lowest BCUT2D eigenvalue weighted by molar-refractivity contribution is -0.137. The van der Waals surface area contributed by atoms with Gasteiger partial charge in [0.25, 0.3) is 5.78 Å². The molecule has 2 N–H and O–H groups in total. The molecule has 22 heavy (non-hydrogen) atoms. The number of aromatic amines is 2. The predicted molar refractivity (Wildman–Crippen MR) is 73.0 cm³/mol. The Morgan fingerprint density at radius 3 is 2.50 bits per heavy atom. The third-order valence-corrected chi connectivity index (χ3v) is 3.14. The quantitative estimate of drug-likeness (QED) is 0.707. The number of nitrogens with zero attached hydrogens (tertiary/aromatic N) is 3. The van der Waals surface area contributed by atoms with Crippen LogP contribution in [0.15, 0.2) is 29.1 Å². The molecule has 1 aromatic carbocycles. The maximum absolute atomic E-state index is 12.5. The second-order valence-corrected chi connectivity index (χ2v) is 4.91. The van der Waals surface area contributed by atoms with Gasteiger partial charge in [-0.15, -0.1) is 0 Å². The van der Waals surface area contributed by atoms with Gasteiger partial charge in [-0.3, -0.25) is 10.1 Å². The number of benzene rings is 1. The Morgan fingerprint density at radius 1 is 1.18 bits per heavy atom. The van der Waals surface area contributed by atoms with E-state index in [-0.39, 0.29) is 17.0 Å². The molecule has 0 spiro atoms. The minimum Gasteiger partial charge on any atom is -0.281 e. The number of hydrogen-bond acceptors (Lipinski definition) is 4. The summed E-state index contributed by atoms with van der Waals surface area (Å²) in [6, 6.07) is 4.71.